The van der Waals surface area contributed by atoms with Crippen LogP contribution < -0.4 is 20.9 Å². The summed E-state index contributed by atoms with van der Waals surface area (Å²) in [7, 11) is 1.24. The summed E-state index contributed by atoms with van der Waals surface area (Å²) in [5.74, 6) is -2.63. The average molecular weight is 823 g/mol. The maximum atomic E-state index is 13.8. The number of nitrogens with one attached hydrogen (secondary N) is 3. The molecule has 0 fully saturated rings. The number of nitrogens with zero attached hydrogens (tertiary/aromatic N) is 1. The Bertz CT molecular complexity index is 2320. The molecule has 0 aliphatic heterocycles. The van der Waals surface area contributed by atoms with E-state index in [-0.39, 0.29) is 47.0 Å². The molecule has 0 aromatic heterocycles. The monoisotopic (exact) mass is 822 g/mol. The van der Waals surface area contributed by atoms with Crippen LogP contribution in [0.5, 0.6) is 5.75 Å². The van der Waals surface area contributed by atoms with Crippen LogP contribution in [0.25, 0.3) is 11.1 Å². The van der Waals surface area contributed by atoms with Crippen LogP contribution in [0.3, 0.4) is 0 Å². The quantitative estimate of drug-likeness (QED) is 0.0549. The number of carbonyl (C=O) groups is 5. The van der Waals surface area contributed by atoms with Gasteiger partial charge in [-0.05, 0) is 98.5 Å². The number of alkyl halides is 3. The minimum absolute atomic E-state index is 0.00304. The third-order valence-corrected chi connectivity index (χ3v) is 9.05. The molecule has 0 aliphatic rings. The Morgan fingerprint density at radius 3 is 1.88 bits per heavy atom. The summed E-state index contributed by atoms with van der Waals surface area (Å²) in [5, 5.41) is 2.55. The summed E-state index contributed by atoms with van der Waals surface area (Å²) in [6, 6.07) is 30.6. The van der Waals surface area contributed by atoms with Gasteiger partial charge >= 0.3 is 12.1 Å². The van der Waals surface area contributed by atoms with Crippen molar-refractivity contribution in [3.63, 3.8) is 0 Å². The molecule has 0 bridgehead atoms. The van der Waals surface area contributed by atoms with Crippen LogP contribution in [-0.2, 0) is 33.5 Å². The normalized spacial score (nSPS) is 11.3. The molecule has 11 nitrogen and oxygen atoms in total. The zero-order valence-electron chi connectivity index (χ0n) is 33.7. The number of hydrazine groups is 1. The van der Waals surface area contributed by atoms with Gasteiger partial charge in [0, 0.05) is 28.9 Å². The predicted octanol–water partition coefficient (Wildman–Crippen LogP) is 7.97. The van der Waals surface area contributed by atoms with Crippen LogP contribution in [0.1, 0.15) is 74.1 Å². The second-order valence-corrected chi connectivity index (χ2v) is 14.9. The first-order valence-corrected chi connectivity index (χ1v) is 18.9. The Morgan fingerprint density at radius 2 is 1.30 bits per heavy atom. The Labute approximate surface area is 345 Å². The topological polar surface area (TPSA) is 143 Å². The average Bonchev–Trinajstić information content (AvgIpc) is 3.20. The molecule has 14 heteroatoms. The van der Waals surface area contributed by atoms with Gasteiger partial charge in [0.15, 0.2) is 5.78 Å². The van der Waals surface area contributed by atoms with Crippen molar-refractivity contribution in [2.45, 2.75) is 52.4 Å². The van der Waals surface area contributed by atoms with Crippen LogP contribution in [-0.4, -0.2) is 60.2 Å². The molecule has 60 heavy (non-hydrogen) atoms. The maximum absolute atomic E-state index is 13.8. The minimum atomic E-state index is -4.70. The fourth-order valence-corrected chi connectivity index (χ4v) is 6.04. The number of hydrogen-bond donors (Lipinski definition) is 3. The first-order chi connectivity index (χ1) is 28.4. The Balaban J connectivity index is 1.19. The van der Waals surface area contributed by atoms with E-state index in [1.807, 2.05) is 43.3 Å². The summed E-state index contributed by atoms with van der Waals surface area (Å²) >= 11 is 0. The molecule has 3 N–H and O–H groups in total. The molecule has 3 amide bonds. The smallest absolute Gasteiger partial charge is 0.416 e. The molecule has 5 aromatic rings. The SMILES string of the molecule is COc1ccc(CC(=O)Nc2ccc(C(=O)N(CC(=O)OC(C)(C)C)Cc3ccc(C(=O)NNCC(=O)c4ccc(-c5ccc(C)cc5)cc4)cc3)cc2)c(C(F)(F)F)c1. The summed E-state index contributed by atoms with van der Waals surface area (Å²) in [4.78, 5) is 66.3. The summed E-state index contributed by atoms with van der Waals surface area (Å²) in [6.07, 6.45) is -5.27. The Hall–Kier alpha value is -6.80. The first kappa shape index (κ1) is 44.3. The fraction of sp³-hybridized carbons (Fsp3) is 0.239. The fourth-order valence-electron chi connectivity index (χ4n) is 6.04. The van der Waals surface area contributed by atoms with E-state index in [4.69, 9.17) is 9.47 Å². The van der Waals surface area contributed by atoms with E-state index >= 15 is 0 Å². The summed E-state index contributed by atoms with van der Waals surface area (Å²) in [6.45, 7) is 6.50. The highest BCUT2D eigenvalue weighted by Crippen LogP contribution is 2.35. The zero-order chi connectivity index (χ0) is 43.6. The highest BCUT2D eigenvalue weighted by atomic mass is 19.4. The van der Waals surface area contributed by atoms with Crippen LogP contribution in [0.2, 0.25) is 0 Å². The van der Waals surface area contributed by atoms with Gasteiger partial charge in [-0.2, -0.15) is 13.2 Å². The van der Waals surface area contributed by atoms with Gasteiger partial charge in [-0.3, -0.25) is 29.4 Å². The van der Waals surface area contributed by atoms with Gasteiger partial charge in [-0.1, -0.05) is 72.3 Å². The number of anilines is 1. The molecule has 0 spiro atoms. The lowest BCUT2D eigenvalue weighted by atomic mass is 10.0. The third-order valence-electron chi connectivity index (χ3n) is 9.05. The number of Topliss-reactive ketones (excluding diaryl/α,β-unsaturated/α-hetero) is 1. The van der Waals surface area contributed by atoms with E-state index in [2.05, 4.69) is 16.2 Å². The van der Waals surface area contributed by atoms with Crippen molar-refractivity contribution in [3.8, 4) is 16.9 Å². The van der Waals surface area contributed by atoms with E-state index in [0.29, 0.717) is 11.1 Å². The zero-order valence-corrected chi connectivity index (χ0v) is 33.7. The lowest BCUT2D eigenvalue weighted by Gasteiger charge is -2.25. The number of ether oxygens (including phenoxy) is 2. The highest BCUT2D eigenvalue weighted by Gasteiger charge is 2.34. The molecule has 0 aliphatic carbocycles. The maximum Gasteiger partial charge on any atom is 0.416 e. The number of aryl methyl sites for hydroxylation is 1. The number of carbonyl (C=O) groups excluding carboxylic acids is 5. The lowest BCUT2D eigenvalue weighted by Crippen LogP contribution is -2.40. The summed E-state index contributed by atoms with van der Waals surface area (Å²) in [5.41, 5.74) is 8.04. The second-order valence-electron chi connectivity index (χ2n) is 14.9. The molecule has 0 radical (unpaired) electrons. The number of amides is 3. The van der Waals surface area contributed by atoms with Crippen molar-refractivity contribution in [1.29, 1.82) is 0 Å². The highest BCUT2D eigenvalue weighted by molar-refractivity contribution is 5.99. The lowest BCUT2D eigenvalue weighted by molar-refractivity contribution is -0.155. The summed E-state index contributed by atoms with van der Waals surface area (Å²) < 4.78 is 51.3. The number of halogens is 3. The first-order valence-electron chi connectivity index (χ1n) is 18.9. The molecule has 5 aromatic carbocycles. The molecular formula is C46H45F3N4O7. The van der Waals surface area contributed by atoms with Gasteiger partial charge in [0.2, 0.25) is 5.91 Å². The largest absolute Gasteiger partial charge is 0.497 e. The molecular weight excluding hydrogens is 778 g/mol. The van der Waals surface area contributed by atoms with Crippen molar-refractivity contribution in [2.75, 3.05) is 25.5 Å². The third kappa shape index (κ3) is 12.6. The molecule has 0 atom stereocenters. The number of hydrogen-bond acceptors (Lipinski definition) is 8. The van der Waals surface area contributed by atoms with E-state index in [1.165, 1.54) is 60.5 Å². The van der Waals surface area contributed by atoms with Crippen LogP contribution >= 0.6 is 0 Å². The van der Waals surface area contributed by atoms with E-state index in [0.717, 1.165) is 22.8 Å². The Kier molecular flexibility index (Phi) is 14.3. The molecule has 0 saturated heterocycles. The van der Waals surface area contributed by atoms with E-state index < -0.39 is 54.0 Å². The van der Waals surface area contributed by atoms with Crippen molar-refractivity contribution in [3.05, 3.63) is 154 Å². The van der Waals surface area contributed by atoms with E-state index in [9.17, 15) is 37.1 Å². The standard InChI is InChI=1S/C46H45F3N4O7/c1-29-6-10-31(11-7-29)32-14-16-33(17-15-32)40(54)26-50-52-43(57)34-12-8-30(9-13-34)27-53(28-42(56)60-45(2,3)4)44(58)35-18-21-37(22-19-35)51-41(55)24-36-20-23-38(59-5)25-39(36)46(47,48)49/h6-23,25,50H,24,26-28H2,1-5H3,(H,51,55)(H,52,57). The number of methoxy groups -OCH3 is 1. The van der Waals surface area contributed by atoms with Gasteiger partial charge < -0.3 is 19.7 Å². The number of rotatable bonds is 15. The van der Waals surface area contributed by atoms with Crippen LogP contribution in [0, 0.1) is 6.92 Å². The van der Waals surface area contributed by atoms with Gasteiger partial charge in [-0.25, -0.2) is 5.43 Å². The van der Waals surface area contributed by atoms with Crippen LogP contribution in [0.15, 0.2) is 115 Å². The van der Waals surface area contributed by atoms with Gasteiger partial charge in [0.05, 0.1) is 25.6 Å². The number of benzene rings is 5. The molecule has 5 rings (SSSR count). The molecule has 0 heterocycles. The van der Waals surface area contributed by atoms with Crippen LogP contribution in [0.4, 0.5) is 18.9 Å². The van der Waals surface area contributed by atoms with Crippen molar-refractivity contribution >= 4 is 35.2 Å². The Morgan fingerprint density at radius 1 is 0.717 bits per heavy atom. The van der Waals surface area contributed by atoms with Gasteiger partial charge in [0.25, 0.3) is 11.8 Å². The van der Waals surface area contributed by atoms with Crippen molar-refractivity contribution in [1.82, 2.24) is 15.8 Å². The van der Waals surface area contributed by atoms with Crippen molar-refractivity contribution in [2.24, 2.45) is 0 Å². The number of esters is 1. The second kappa shape index (κ2) is 19.3. The van der Waals surface area contributed by atoms with E-state index in [1.54, 1.807) is 45.0 Å². The van der Waals surface area contributed by atoms with Gasteiger partial charge in [0.1, 0.15) is 17.9 Å². The predicted molar refractivity (Wildman–Crippen MR) is 220 cm³/mol. The molecule has 0 unspecified atom stereocenters. The number of ketones is 1. The van der Waals surface area contributed by atoms with Gasteiger partial charge in [-0.15, -0.1) is 0 Å². The molecule has 0 saturated carbocycles. The molecule has 312 valence electrons. The van der Waals surface area contributed by atoms with Crippen molar-refractivity contribution < 1.29 is 46.6 Å². The minimum Gasteiger partial charge on any atom is -0.497 e.